The highest BCUT2D eigenvalue weighted by Crippen LogP contribution is 2.32. The molecular formula is C18H20F3N7O. The number of nitrogens with two attached hydrogens (primary N) is 1. The van der Waals surface area contributed by atoms with E-state index in [9.17, 15) is 23.2 Å². The Bertz CT molecular complexity index is 982. The van der Waals surface area contributed by atoms with Crippen LogP contribution in [0.4, 0.5) is 18.9 Å². The summed E-state index contributed by atoms with van der Waals surface area (Å²) in [5, 5.41) is 18.8. The SMILES string of the molecule is C=C(/C(=C\C)C(F)(F)F)C(C)N=C1CCN(c2cn[nH]c(=O)c2C#N)CC1=NN. The van der Waals surface area contributed by atoms with E-state index in [-0.39, 0.29) is 17.7 Å². The molecule has 1 atom stereocenters. The van der Waals surface area contributed by atoms with Gasteiger partial charge in [-0.2, -0.15) is 28.6 Å². The van der Waals surface area contributed by atoms with Gasteiger partial charge in [-0.25, -0.2) is 5.10 Å². The largest absolute Gasteiger partial charge is 0.416 e. The molecule has 0 saturated carbocycles. The van der Waals surface area contributed by atoms with Gasteiger partial charge >= 0.3 is 6.18 Å². The molecular weight excluding hydrogens is 387 g/mol. The second-order valence-corrected chi connectivity index (χ2v) is 6.30. The molecule has 0 aromatic carbocycles. The van der Waals surface area contributed by atoms with Crippen LogP contribution in [0.1, 0.15) is 25.8 Å². The number of alkyl halides is 3. The van der Waals surface area contributed by atoms with Crippen LogP contribution in [0.15, 0.2) is 44.9 Å². The van der Waals surface area contributed by atoms with Crippen LogP contribution in [0.2, 0.25) is 0 Å². The van der Waals surface area contributed by atoms with E-state index in [2.05, 4.69) is 26.9 Å². The van der Waals surface area contributed by atoms with Crippen molar-refractivity contribution in [1.29, 1.82) is 5.26 Å². The number of aliphatic imine (C=N–C) groups is 1. The molecule has 1 aromatic rings. The highest BCUT2D eigenvalue weighted by molar-refractivity contribution is 6.44. The fourth-order valence-corrected chi connectivity index (χ4v) is 3.00. The highest BCUT2D eigenvalue weighted by Gasteiger charge is 2.36. The monoisotopic (exact) mass is 407 g/mol. The standard InChI is InChI=1S/C18H20F3N7O/c1-4-13(18(19,20)21)10(2)11(3)25-14-5-6-28(9-15(14)26-23)16-8-24-27-17(29)12(16)7-22/h4,8,11H,2,5-6,9,23H2,1,3H3,(H,27,29)/b13-4+,25-14?,26-15?. The summed E-state index contributed by atoms with van der Waals surface area (Å²) in [7, 11) is 0. The number of aromatic nitrogens is 2. The lowest BCUT2D eigenvalue weighted by molar-refractivity contribution is -0.0897. The molecule has 0 bridgehead atoms. The van der Waals surface area contributed by atoms with Crippen molar-refractivity contribution in [1.82, 2.24) is 10.2 Å². The van der Waals surface area contributed by atoms with Gasteiger partial charge in [0.15, 0.2) is 0 Å². The lowest BCUT2D eigenvalue weighted by Crippen LogP contribution is -2.43. The van der Waals surface area contributed by atoms with E-state index in [4.69, 9.17) is 5.84 Å². The van der Waals surface area contributed by atoms with Crippen molar-refractivity contribution in [2.45, 2.75) is 32.5 Å². The summed E-state index contributed by atoms with van der Waals surface area (Å²) in [6.45, 7) is 6.83. The molecule has 154 valence electrons. The summed E-state index contributed by atoms with van der Waals surface area (Å²) in [4.78, 5) is 17.8. The maximum absolute atomic E-state index is 13.1. The van der Waals surface area contributed by atoms with E-state index in [1.807, 2.05) is 6.07 Å². The summed E-state index contributed by atoms with van der Waals surface area (Å²) in [6, 6.07) is 0.998. The number of halogens is 3. The van der Waals surface area contributed by atoms with Crippen LogP contribution in [0.5, 0.6) is 0 Å². The number of aromatic amines is 1. The molecule has 1 aliphatic heterocycles. The Morgan fingerprint density at radius 3 is 2.76 bits per heavy atom. The summed E-state index contributed by atoms with van der Waals surface area (Å²) in [5.41, 5.74) is -0.584. The second-order valence-electron chi connectivity index (χ2n) is 6.30. The van der Waals surface area contributed by atoms with Crippen molar-refractivity contribution in [3.63, 3.8) is 0 Å². The number of nitrogens with one attached hydrogen (secondary N) is 1. The van der Waals surface area contributed by atoms with Crippen LogP contribution in [-0.2, 0) is 0 Å². The summed E-state index contributed by atoms with van der Waals surface area (Å²) in [5.74, 6) is 5.46. The number of hydrogen-bond acceptors (Lipinski definition) is 7. The van der Waals surface area contributed by atoms with Crippen LogP contribution in [0.3, 0.4) is 0 Å². The average Bonchev–Trinajstić information content (AvgIpc) is 2.67. The van der Waals surface area contributed by atoms with Crippen molar-refractivity contribution >= 4 is 17.1 Å². The lowest BCUT2D eigenvalue weighted by atomic mass is 9.99. The minimum atomic E-state index is -4.52. The molecule has 2 rings (SSSR count). The van der Waals surface area contributed by atoms with Gasteiger partial charge in [-0.05, 0) is 19.4 Å². The first-order chi connectivity index (χ1) is 13.6. The topological polar surface area (TPSA) is 124 Å². The van der Waals surface area contributed by atoms with Gasteiger partial charge < -0.3 is 10.7 Å². The van der Waals surface area contributed by atoms with Gasteiger partial charge in [0.2, 0.25) is 0 Å². The van der Waals surface area contributed by atoms with Crippen molar-refractivity contribution in [2.24, 2.45) is 15.9 Å². The van der Waals surface area contributed by atoms with E-state index in [0.717, 1.165) is 6.08 Å². The number of nitriles is 1. The minimum Gasteiger partial charge on any atom is -0.363 e. The van der Waals surface area contributed by atoms with Gasteiger partial charge in [-0.15, -0.1) is 0 Å². The minimum absolute atomic E-state index is 0.0959. The Morgan fingerprint density at radius 1 is 1.52 bits per heavy atom. The maximum atomic E-state index is 13.1. The summed E-state index contributed by atoms with van der Waals surface area (Å²) in [6.07, 6.45) is -1.90. The van der Waals surface area contributed by atoms with Crippen molar-refractivity contribution < 1.29 is 13.2 Å². The third-order valence-electron chi connectivity index (χ3n) is 4.53. The van der Waals surface area contributed by atoms with Gasteiger partial charge in [-0.1, -0.05) is 12.7 Å². The van der Waals surface area contributed by atoms with Crippen LogP contribution in [0, 0.1) is 11.3 Å². The van der Waals surface area contributed by atoms with E-state index in [0.29, 0.717) is 30.1 Å². The lowest BCUT2D eigenvalue weighted by Gasteiger charge is -2.31. The highest BCUT2D eigenvalue weighted by atomic mass is 19.4. The molecule has 1 saturated heterocycles. The van der Waals surface area contributed by atoms with Crippen LogP contribution >= 0.6 is 0 Å². The molecule has 2 heterocycles. The fraction of sp³-hybridized carbons (Fsp3) is 0.389. The molecule has 0 radical (unpaired) electrons. The zero-order valence-corrected chi connectivity index (χ0v) is 15.9. The van der Waals surface area contributed by atoms with E-state index in [1.54, 1.807) is 4.90 Å². The number of allylic oxidation sites excluding steroid dienone is 1. The molecule has 1 aliphatic rings. The average molecular weight is 407 g/mol. The first-order valence-electron chi connectivity index (χ1n) is 8.63. The van der Waals surface area contributed by atoms with Gasteiger partial charge in [0, 0.05) is 13.0 Å². The number of hydrazone groups is 1. The van der Waals surface area contributed by atoms with Crippen molar-refractivity contribution in [3.05, 3.63) is 45.9 Å². The number of anilines is 1. The maximum Gasteiger partial charge on any atom is 0.416 e. The quantitative estimate of drug-likeness (QED) is 0.449. The van der Waals surface area contributed by atoms with Crippen LogP contribution in [-0.4, -0.2) is 46.9 Å². The van der Waals surface area contributed by atoms with Gasteiger partial charge in [0.1, 0.15) is 17.3 Å². The normalized spacial score (nSPS) is 19.3. The molecule has 11 heteroatoms. The number of hydrogen-bond donors (Lipinski definition) is 2. The Hall–Kier alpha value is -3.42. The number of H-pyrrole nitrogens is 1. The molecule has 1 fully saturated rings. The van der Waals surface area contributed by atoms with Gasteiger partial charge in [0.05, 0.1) is 35.8 Å². The molecule has 1 aromatic heterocycles. The number of rotatable bonds is 4. The Kier molecular flexibility index (Phi) is 6.58. The van der Waals surface area contributed by atoms with Crippen LogP contribution in [0.25, 0.3) is 0 Å². The molecule has 29 heavy (non-hydrogen) atoms. The third-order valence-corrected chi connectivity index (χ3v) is 4.53. The Balaban J connectivity index is 2.27. The third kappa shape index (κ3) is 4.71. The predicted molar refractivity (Wildman–Crippen MR) is 104 cm³/mol. The molecule has 1 unspecified atom stereocenters. The van der Waals surface area contributed by atoms with E-state index < -0.39 is 23.4 Å². The second kappa shape index (κ2) is 8.72. The first kappa shape index (κ1) is 21.9. The van der Waals surface area contributed by atoms with Crippen molar-refractivity contribution in [3.8, 4) is 6.07 Å². The number of nitrogens with zero attached hydrogens (tertiary/aromatic N) is 5. The zero-order valence-electron chi connectivity index (χ0n) is 15.9. The summed E-state index contributed by atoms with van der Waals surface area (Å²) < 4.78 is 39.3. The first-order valence-corrected chi connectivity index (χ1v) is 8.63. The smallest absolute Gasteiger partial charge is 0.363 e. The van der Waals surface area contributed by atoms with Crippen LogP contribution < -0.4 is 16.3 Å². The molecule has 0 aliphatic carbocycles. The molecule has 0 amide bonds. The van der Waals surface area contributed by atoms with E-state index >= 15 is 0 Å². The number of piperidine rings is 1. The van der Waals surface area contributed by atoms with Gasteiger partial charge in [0.25, 0.3) is 5.56 Å². The molecule has 3 N–H and O–H groups in total. The Labute approximate surface area is 164 Å². The van der Waals surface area contributed by atoms with E-state index in [1.165, 1.54) is 20.0 Å². The fourth-order valence-electron chi connectivity index (χ4n) is 3.00. The van der Waals surface area contributed by atoms with Gasteiger partial charge in [-0.3, -0.25) is 9.79 Å². The summed E-state index contributed by atoms with van der Waals surface area (Å²) >= 11 is 0. The zero-order chi connectivity index (χ0) is 21.8. The van der Waals surface area contributed by atoms with Crippen molar-refractivity contribution in [2.75, 3.05) is 18.0 Å². The predicted octanol–water partition coefficient (Wildman–Crippen LogP) is 2.06. The molecule has 0 spiro atoms. The molecule has 8 nitrogen and oxygen atoms in total. The Morgan fingerprint density at radius 2 is 2.21 bits per heavy atom.